The smallest absolute Gasteiger partial charge is 0.269 e. The van der Waals surface area contributed by atoms with E-state index < -0.39 is 0 Å². The van der Waals surface area contributed by atoms with Gasteiger partial charge in [-0.3, -0.25) is 4.79 Å². The number of nitrogens with zero attached hydrogens (tertiary/aromatic N) is 2. The largest absolute Gasteiger partial charge is 0.351 e. The van der Waals surface area contributed by atoms with E-state index in [1.807, 2.05) is 6.07 Å². The van der Waals surface area contributed by atoms with Crippen molar-refractivity contribution in [1.82, 2.24) is 15.2 Å². The van der Waals surface area contributed by atoms with Gasteiger partial charge in [0.1, 0.15) is 5.69 Å². The van der Waals surface area contributed by atoms with Crippen LogP contribution in [0, 0.1) is 0 Å². The lowest BCUT2D eigenvalue weighted by Crippen LogP contribution is -2.25. The first-order valence-corrected chi connectivity index (χ1v) is 7.43. The summed E-state index contributed by atoms with van der Waals surface area (Å²) < 4.78 is 0.880. The summed E-state index contributed by atoms with van der Waals surface area (Å²) in [5.41, 5.74) is 0.468. The van der Waals surface area contributed by atoms with E-state index in [2.05, 4.69) is 45.2 Å². The molecule has 0 aromatic carbocycles. The van der Waals surface area contributed by atoms with Crippen molar-refractivity contribution in [3.8, 4) is 0 Å². The average Bonchev–Trinajstić information content (AvgIpc) is 2.38. The molecule has 1 N–H and O–H groups in total. The van der Waals surface area contributed by atoms with Crippen LogP contribution in [0.1, 0.15) is 36.2 Å². The van der Waals surface area contributed by atoms with E-state index in [-0.39, 0.29) is 5.91 Å². The first-order valence-electron chi connectivity index (χ1n) is 6.64. The van der Waals surface area contributed by atoms with Crippen molar-refractivity contribution in [1.29, 1.82) is 0 Å². The molecule has 4 nitrogen and oxygen atoms in total. The number of aromatic nitrogens is 1. The standard InChI is InChI=1S/C14H22BrN3O/c1-18(2)10-6-4-3-5-9-16-14(19)13-8-7-12(15)11-17-13/h7-8,11H,3-6,9-10H2,1-2H3,(H,16,19)/i15-4. The SMILES string of the molecule is CN(C)CCCCCCNC(=O)c1ccc([76Br])cn1. The van der Waals surface area contributed by atoms with Crippen LogP contribution < -0.4 is 5.32 Å². The van der Waals surface area contributed by atoms with Crippen LogP contribution in [0.2, 0.25) is 0 Å². The molecule has 0 unspecified atom stereocenters. The molecule has 0 spiro atoms. The first-order chi connectivity index (χ1) is 9.09. The molecule has 0 aliphatic carbocycles. The first kappa shape index (κ1) is 16.1. The summed E-state index contributed by atoms with van der Waals surface area (Å²) in [5, 5.41) is 2.89. The Morgan fingerprint density at radius 2 is 2.00 bits per heavy atom. The monoisotopic (exact) mass is 324 g/mol. The fraction of sp³-hybridized carbons (Fsp3) is 0.571. The van der Waals surface area contributed by atoms with Gasteiger partial charge in [-0.1, -0.05) is 12.8 Å². The summed E-state index contributed by atoms with van der Waals surface area (Å²) in [5.74, 6) is -0.0965. The maximum absolute atomic E-state index is 11.7. The predicted octanol–water partition coefficient (Wildman–Crippen LogP) is 2.70. The molecule has 1 amide bonds. The number of amides is 1. The normalized spacial score (nSPS) is 10.7. The minimum atomic E-state index is -0.0965. The predicted molar refractivity (Wildman–Crippen MR) is 81.3 cm³/mol. The van der Waals surface area contributed by atoms with Gasteiger partial charge in [-0.2, -0.15) is 0 Å². The maximum Gasteiger partial charge on any atom is 0.269 e. The number of nitrogens with one attached hydrogen (secondary N) is 1. The summed E-state index contributed by atoms with van der Waals surface area (Å²) in [6, 6.07) is 3.54. The highest BCUT2D eigenvalue weighted by Gasteiger charge is 2.05. The number of hydrogen-bond donors (Lipinski definition) is 1. The Kier molecular flexibility index (Phi) is 7.67. The summed E-state index contributed by atoms with van der Waals surface area (Å²) in [6.07, 6.45) is 6.24. The zero-order chi connectivity index (χ0) is 14.1. The van der Waals surface area contributed by atoms with Gasteiger partial charge >= 0.3 is 0 Å². The van der Waals surface area contributed by atoms with Gasteiger partial charge in [0.15, 0.2) is 0 Å². The van der Waals surface area contributed by atoms with Gasteiger partial charge in [0.2, 0.25) is 0 Å². The molecule has 1 heterocycles. The quantitative estimate of drug-likeness (QED) is 0.748. The Labute approximate surface area is 123 Å². The summed E-state index contributed by atoms with van der Waals surface area (Å²) >= 11 is 3.29. The number of rotatable bonds is 8. The van der Waals surface area contributed by atoms with Gasteiger partial charge in [0.25, 0.3) is 5.91 Å². The van der Waals surface area contributed by atoms with Crippen molar-refractivity contribution < 1.29 is 4.79 Å². The third-order valence-corrected chi connectivity index (χ3v) is 3.25. The highest BCUT2D eigenvalue weighted by Crippen LogP contribution is 2.07. The molecule has 0 bridgehead atoms. The lowest BCUT2D eigenvalue weighted by atomic mass is 10.2. The lowest BCUT2D eigenvalue weighted by molar-refractivity contribution is 0.0948. The molecular formula is C14H22BrN3O. The number of unbranched alkanes of at least 4 members (excludes halogenated alkanes) is 3. The Bertz CT molecular complexity index is 379. The molecule has 0 aliphatic heterocycles. The van der Waals surface area contributed by atoms with Crippen LogP contribution in [0.25, 0.3) is 0 Å². The van der Waals surface area contributed by atoms with Crippen LogP contribution in [-0.4, -0.2) is 43.0 Å². The van der Waals surface area contributed by atoms with E-state index in [1.54, 1.807) is 12.3 Å². The summed E-state index contributed by atoms with van der Waals surface area (Å²) in [6.45, 7) is 1.85. The lowest BCUT2D eigenvalue weighted by Gasteiger charge is -2.08. The highest BCUT2D eigenvalue weighted by atomic mass is 75.9. The minimum Gasteiger partial charge on any atom is -0.351 e. The summed E-state index contributed by atoms with van der Waals surface area (Å²) in [4.78, 5) is 18.0. The zero-order valence-corrected chi connectivity index (χ0v) is 13.2. The Hall–Kier alpha value is -0.940. The number of carbonyl (C=O) groups excluding carboxylic acids is 1. The fourth-order valence-electron chi connectivity index (χ4n) is 1.71. The molecule has 0 aliphatic rings. The molecule has 5 heteroatoms. The topological polar surface area (TPSA) is 45.2 Å². The van der Waals surface area contributed by atoms with Crippen molar-refractivity contribution in [3.63, 3.8) is 0 Å². The van der Waals surface area contributed by atoms with Crippen molar-refractivity contribution >= 4 is 21.8 Å². The van der Waals surface area contributed by atoms with Crippen molar-refractivity contribution in [2.24, 2.45) is 0 Å². The second kappa shape index (κ2) is 9.04. The zero-order valence-electron chi connectivity index (χ0n) is 11.7. The van der Waals surface area contributed by atoms with Gasteiger partial charge in [-0.25, -0.2) is 4.98 Å². The number of hydrogen-bond acceptors (Lipinski definition) is 3. The van der Waals surface area contributed by atoms with Gasteiger partial charge in [-0.15, -0.1) is 0 Å². The van der Waals surface area contributed by atoms with E-state index in [4.69, 9.17) is 0 Å². The van der Waals surface area contributed by atoms with E-state index in [9.17, 15) is 4.79 Å². The van der Waals surface area contributed by atoms with Crippen LogP contribution in [0.4, 0.5) is 0 Å². The molecule has 1 aromatic heterocycles. The van der Waals surface area contributed by atoms with Crippen molar-refractivity contribution in [3.05, 3.63) is 28.5 Å². The second-order valence-corrected chi connectivity index (χ2v) is 5.75. The van der Waals surface area contributed by atoms with Gasteiger partial charge < -0.3 is 10.2 Å². The molecule has 1 rings (SSSR count). The second-order valence-electron chi connectivity index (χ2n) is 4.84. The number of carbonyl (C=O) groups is 1. The van der Waals surface area contributed by atoms with Crippen molar-refractivity contribution in [2.75, 3.05) is 27.2 Å². The van der Waals surface area contributed by atoms with E-state index in [0.717, 1.165) is 30.4 Å². The van der Waals surface area contributed by atoms with Crippen LogP contribution in [0.15, 0.2) is 22.8 Å². The molecule has 19 heavy (non-hydrogen) atoms. The summed E-state index contributed by atoms with van der Waals surface area (Å²) in [7, 11) is 4.18. The van der Waals surface area contributed by atoms with Crippen LogP contribution in [0.3, 0.4) is 0 Å². The Morgan fingerprint density at radius 3 is 2.63 bits per heavy atom. The third-order valence-electron chi connectivity index (χ3n) is 2.78. The molecule has 106 valence electrons. The number of halogens is 1. The molecule has 0 fully saturated rings. The minimum absolute atomic E-state index is 0.0965. The highest BCUT2D eigenvalue weighted by molar-refractivity contribution is 9.10. The maximum atomic E-state index is 11.7. The van der Waals surface area contributed by atoms with Crippen molar-refractivity contribution in [2.45, 2.75) is 25.7 Å². The van der Waals surface area contributed by atoms with Gasteiger partial charge in [0, 0.05) is 17.2 Å². The van der Waals surface area contributed by atoms with Crippen LogP contribution in [0.5, 0.6) is 0 Å². The molecule has 0 atom stereocenters. The molecule has 0 saturated heterocycles. The van der Waals surface area contributed by atoms with Gasteiger partial charge in [-0.05, 0) is 61.5 Å². The van der Waals surface area contributed by atoms with Gasteiger partial charge in [0.05, 0.1) is 0 Å². The molecular weight excluding hydrogens is 302 g/mol. The number of pyridine rings is 1. The Balaban J connectivity index is 2.09. The van der Waals surface area contributed by atoms with Crippen LogP contribution in [-0.2, 0) is 0 Å². The Morgan fingerprint density at radius 1 is 1.26 bits per heavy atom. The molecule has 1 aromatic rings. The van der Waals surface area contributed by atoms with E-state index in [1.165, 1.54) is 12.8 Å². The van der Waals surface area contributed by atoms with Crippen LogP contribution >= 0.6 is 15.9 Å². The average molecular weight is 324 g/mol. The molecule has 0 saturated carbocycles. The molecule has 0 radical (unpaired) electrons. The third kappa shape index (κ3) is 7.28. The van der Waals surface area contributed by atoms with E-state index in [0.29, 0.717) is 5.69 Å². The fourth-order valence-corrected chi connectivity index (χ4v) is 1.94. The van der Waals surface area contributed by atoms with E-state index >= 15 is 0 Å².